The molecule has 1 aliphatic heterocycles. The molecule has 1 fully saturated rings. The molecule has 0 saturated carbocycles. The average Bonchev–Trinajstić information content (AvgIpc) is 3.50. The quantitative estimate of drug-likeness (QED) is 0.510. The van der Waals surface area contributed by atoms with Gasteiger partial charge in [-0.1, -0.05) is 18.2 Å². The minimum absolute atomic E-state index is 0.0603. The minimum atomic E-state index is -0.0603. The van der Waals surface area contributed by atoms with Crippen LogP contribution >= 0.6 is 0 Å². The van der Waals surface area contributed by atoms with E-state index in [1.807, 2.05) is 47.2 Å². The molecule has 1 saturated heterocycles. The van der Waals surface area contributed by atoms with Gasteiger partial charge in [-0.2, -0.15) is 0 Å². The molecule has 7 heteroatoms. The number of carbonyl (C=O) groups is 1. The van der Waals surface area contributed by atoms with Crippen LogP contribution in [-0.4, -0.2) is 38.7 Å². The lowest BCUT2D eigenvalue weighted by atomic mass is 10.1. The topological polar surface area (TPSA) is 76.2 Å². The highest BCUT2D eigenvalue weighted by Gasteiger charge is 2.13. The minimum Gasteiger partial charge on any atom is -0.421 e. The van der Waals surface area contributed by atoms with Gasteiger partial charge in [0, 0.05) is 36.4 Å². The van der Waals surface area contributed by atoms with E-state index in [1.54, 1.807) is 6.92 Å². The fourth-order valence-electron chi connectivity index (χ4n) is 4.17. The molecule has 4 aromatic rings. The molecular formula is C24H25N5O2. The number of fused-ring (bicyclic) bond motifs is 1. The van der Waals surface area contributed by atoms with Crippen molar-refractivity contribution < 1.29 is 9.21 Å². The van der Waals surface area contributed by atoms with Gasteiger partial charge in [0.05, 0.1) is 0 Å². The Morgan fingerprint density at radius 3 is 2.77 bits per heavy atom. The summed E-state index contributed by atoms with van der Waals surface area (Å²) in [6.45, 7) is 5.24. The van der Waals surface area contributed by atoms with Crippen LogP contribution in [0.5, 0.6) is 0 Å². The van der Waals surface area contributed by atoms with Crippen molar-refractivity contribution in [2.75, 3.05) is 18.4 Å². The second kappa shape index (κ2) is 8.35. The highest BCUT2D eigenvalue weighted by molar-refractivity contribution is 5.92. The third kappa shape index (κ3) is 4.36. The first-order valence-electron chi connectivity index (χ1n) is 10.6. The van der Waals surface area contributed by atoms with Crippen molar-refractivity contribution in [1.29, 1.82) is 0 Å². The van der Waals surface area contributed by atoms with Gasteiger partial charge in [-0.05, 0) is 67.2 Å². The van der Waals surface area contributed by atoms with E-state index >= 15 is 0 Å². The predicted octanol–water partition coefficient (Wildman–Crippen LogP) is 4.23. The molecule has 0 spiro atoms. The number of aromatic nitrogens is 3. The van der Waals surface area contributed by atoms with Gasteiger partial charge in [0.1, 0.15) is 6.54 Å². The zero-order valence-electron chi connectivity index (χ0n) is 17.5. The molecule has 7 nitrogen and oxygen atoms in total. The monoisotopic (exact) mass is 415 g/mol. The van der Waals surface area contributed by atoms with Gasteiger partial charge in [-0.3, -0.25) is 9.69 Å². The SMILES string of the molecule is Cc1nnc(-c2ccc3ccn(CC(=O)Nc4cccc(CN5CCCC5)c4)c3c2)o1. The Hall–Kier alpha value is -3.45. The molecule has 0 unspecified atom stereocenters. The Balaban J connectivity index is 1.30. The number of nitrogens with zero attached hydrogens (tertiary/aromatic N) is 4. The lowest BCUT2D eigenvalue weighted by molar-refractivity contribution is -0.116. The van der Waals surface area contributed by atoms with Gasteiger partial charge in [-0.25, -0.2) is 0 Å². The number of benzene rings is 2. The number of likely N-dealkylation sites (tertiary alicyclic amines) is 1. The molecule has 3 heterocycles. The fraction of sp³-hybridized carbons (Fsp3) is 0.292. The number of hydrogen-bond acceptors (Lipinski definition) is 5. The smallest absolute Gasteiger partial charge is 0.247 e. The van der Waals surface area contributed by atoms with Crippen molar-refractivity contribution in [2.24, 2.45) is 0 Å². The predicted molar refractivity (Wildman–Crippen MR) is 120 cm³/mol. The number of rotatable bonds is 6. The summed E-state index contributed by atoms with van der Waals surface area (Å²) < 4.78 is 7.48. The number of carbonyl (C=O) groups excluding carboxylic acids is 1. The number of anilines is 1. The first-order chi connectivity index (χ1) is 15.1. The van der Waals surface area contributed by atoms with Gasteiger partial charge in [0.15, 0.2) is 0 Å². The van der Waals surface area contributed by atoms with Crippen LogP contribution in [0.1, 0.15) is 24.3 Å². The first-order valence-corrected chi connectivity index (χ1v) is 10.6. The summed E-state index contributed by atoms with van der Waals surface area (Å²) in [6, 6.07) is 16.1. The van der Waals surface area contributed by atoms with E-state index in [1.165, 1.54) is 18.4 Å². The molecular weight excluding hydrogens is 390 g/mol. The van der Waals surface area contributed by atoms with E-state index in [4.69, 9.17) is 4.42 Å². The standard InChI is InChI=1S/C24H25N5O2/c1-17-26-27-24(31-17)20-8-7-19-9-12-29(22(19)14-20)16-23(30)25-21-6-4-5-18(13-21)15-28-10-2-3-11-28/h4-9,12-14H,2-3,10-11,15-16H2,1H3,(H,25,30). The number of hydrogen-bond donors (Lipinski definition) is 1. The maximum Gasteiger partial charge on any atom is 0.247 e. The van der Waals surface area contributed by atoms with Crippen molar-refractivity contribution in [1.82, 2.24) is 19.7 Å². The molecule has 2 aromatic carbocycles. The zero-order chi connectivity index (χ0) is 21.2. The van der Waals surface area contributed by atoms with E-state index in [0.717, 1.165) is 41.8 Å². The lowest BCUT2D eigenvalue weighted by Crippen LogP contribution is -2.20. The summed E-state index contributed by atoms with van der Waals surface area (Å²) >= 11 is 0. The summed E-state index contributed by atoms with van der Waals surface area (Å²) in [5.41, 5.74) is 3.85. The summed E-state index contributed by atoms with van der Waals surface area (Å²) in [5.74, 6) is 0.943. The highest BCUT2D eigenvalue weighted by atomic mass is 16.4. The van der Waals surface area contributed by atoms with Crippen LogP contribution in [0.25, 0.3) is 22.4 Å². The summed E-state index contributed by atoms with van der Waals surface area (Å²) in [7, 11) is 0. The van der Waals surface area contributed by atoms with Crippen molar-refractivity contribution in [3.63, 3.8) is 0 Å². The Morgan fingerprint density at radius 2 is 1.97 bits per heavy atom. The maximum absolute atomic E-state index is 12.8. The first kappa shape index (κ1) is 19.5. The van der Waals surface area contributed by atoms with Crippen LogP contribution in [0.2, 0.25) is 0 Å². The van der Waals surface area contributed by atoms with Crippen LogP contribution in [0.4, 0.5) is 5.69 Å². The Kier molecular flexibility index (Phi) is 5.26. The zero-order valence-corrected chi connectivity index (χ0v) is 17.5. The third-order valence-electron chi connectivity index (χ3n) is 5.68. The van der Waals surface area contributed by atoms with Gasteiger partial charge in [-0.15, -0.1) is 10.2 Å². The molecule has 5 rings (SSSR count). The fourth-order valence-corrected chi connectivity index (χ4v) is 4.17. The van der Waals surface area contributed by atoms with Crippen LogP contribution in [0.3, 0.4) is 0 Å². The summed E-state index contributed by atoms with van der Waals surface area (Å²) in [6.07, 6.45) is 4.47. The maximum atomic E-state index is 12.8. The Morgan fingerprint density at radius 1 is 1.10 bits per heavy atom. The van der Waals surface area contributed by atoms with E-state index < -0.39 is 0 Å². The van der Waals surface area contributed by atoms with Gasteiger partial charge < -0.3 is 14.3 Å². The molecule has 0 radical (unpaired) electrons. The molecule has 0 aliphatic carbocycles. The van der Waals surface area contributed by atoms with Crippen molar-refractivity contribution in [3.8, 4) is 11.5 Å². The second-order valence-electron chi connectivity index (χ2n) is 8.08. The number of amides is 1. The van der Waals surface area contributed by atoms with Crippen LogP contribution < -0.4 is 5.32 Å². The van der Waals surface area contributed by atoms with E-state index in [2.05, 4.69) is 32.5 Å². The Bertz CT molecular complexity index is 1220. The highest BCUT2D eigenvalue weighted by Crippen LogP contribution is 2.24. The number of nitrogens with one attached hydrogen (secondary N) is 1. The third-order valence-corrected chi connectivity index (χ3v) is 5.68. The largest absolute Gasteiger partial charge is 0.421 e. The molecule has 1 N–H and O–H groups in total. The van der Waals surface area contributed by atoms with Crippen LogP contribution in [-0.2, 0) is 17.9 Å². The molecule has 1 amide bonds. The number of aryl methyl sites for hydroxylation is 1. The molecule has 158 valence electrons. The van der Waals surface area contributed by atoms with Gasteiger partial charge in [0.2, 0.25) is 17.7 Å². The summed E-state index contributed by atoms with van der Waals surface area (Å²) in [5, 5.41) is 12.1. The average molecular weight is 415 g/mol. The molecule has 0 atom stereocenters. The van der Waals surface area contributed by atoms with E-state index in [0.29, 0.717) is 11.8 Å². The molecule has 1 aliphatic rings. The normalized spacial score (nSPS) is 14.4. The van der Waals surface area contributed by atoms with Crippen LogP contribution in [0.15, 0.2) is 59.1 Å². The van der Waals surface area contributed by atoms with E-state index in [-0.39, 0.29) is 12.5 Å². The summed E-state index contributed by atoms with van der Waals surface area (Å²) in [4.78, 5) is 15.2. The molecule has 2 aromatic heterocycles. The Labute approximate surface area is 180 Å². The van der Waals surface area contributed by atoms with Crippen LogP contribution in [0, 0.1) is 6.92 Å². The van der Waals surface area contributed by atoms with E-state index in [9.17, 15) is 4.79 Å². The van der Waals surface area contributed by atoms with Crippen molar-refractivity contribution in [3.05, 3.63) is 66.2 Å². The second-order valence-corrected chi connectivity index (χ2v) is 8.08. The molecule has 0 bridgehead atoms. The molecule has 31 heavy (non-hydrogen) atoms. The lowest BCUT2D eigenvalue weighted by Gasteiger charge is -2.15. The van der Waals surface area contributed by atoms with Crippen molar-refractivity contribution in [2.45, 2.75) is 32.9 Å². The van der Waals surface area contributed by atoms with Gasteiger partial charge >= 0.3 is 0 Å². The van der Waals surface area contributed by atoms with Gasteiger partial charge in [0.25, 0.3) is 0 Å². The van der Waals surface area contributed by atoms with Crippen molar-refractivity contribution >= 4 is 22.5 Å².